The fraction of sp³-hybridized carbons (Fsp3) is 1.00. The molecule has 2 aliphatic heterocycles. The van der Waals surface area contributed by atoms with Gasteiger partial charge >= 0.3 is 0 Å². The minimum atomic E-state index is -2.76. The van der Waals surface area contributed by atoms with E-state index in [1.807, 2.05) is 0 Å². The van der Waals surface area contributed by atoms with Crippen LogP contribution in [0, 0.1) is 5.92 Å². The summed E-state index contributed by atoms with van der Waals surface area (Å²) >= 11 is 0. The Morgan fingerprint density at radius 3 is 2.58 bits per heavy atom. The summed E-state index contributed by atoms with van der Waals surface area (Å²) in [5.74, 6) is 1.39. The van der Waals surface area contributed by atoms with Gasteiger partial charge in [0.1, 0.15) is 0 Å². The number of rotatable bonds is 5. The Hall–Kier alpha value is -0.170. The molecule has 3 atom stereocenters. The Balaban J connectivity index is 1.67. The quantitative estimate of drug-likeness (QED) is 0.749. The van der Waals surface area contributed by atoms with Gasteiger partial charge in [-0.3, -0.25) is 0 Å². The molecule has 112 valence electrons. The molecule has 0 radical (unpaired) electrons. The van der Waals surface area contributed by atoms with Crippen molar-refractivity contribution in [3.05, 3.63) is 0 Å². The van der Waals surface area contributed by atoms with Crippen molar-refractivity contribution in [3.63, 3.8) is 0 Å². The van der Waals surface area contributed by atoms with E-state index < -0.39 is 9.84 Å². The van der Waals surface area contributed by atoms with Gasteiger partial charge in [0, 0.05) is 38.3 Å². The third kappa shape index (κ3) is 4.15. The fourth-order valence-corrected chi connectivity index (χ4v) is 4.99. The van der Waals surface area contributed by atoms with Crippen molar-refractivity contribution < 1.29 is 8.42 Å². The highest BCUT2D eigenvalue weighted by Gasteiger charge is 2.31. The van der Waals surface area contributed by atoms with E-state index >= 15 is 0 Å². The zero-order valence-corrected chi connectivity index (χ0v) is 13.1. The number of nitrogens with one attached hydrogen (secondary N) is 1. The van der Waals surface area contributed by atoms with Gasteiger partial charge in [0.15, 0.2) is 9.84 Å². The van der Waals surface area contributed by atoms with E-state index in [1.165, 1.54) is 0 Å². The molecule has 0 aliphatic carbocycles. The van der Waals surface area contributed by atoms with Crippen LogP contribution in [0.1, 0.15) is 13.3 Å². The summed E-state index contributed by atoms with van der Waals surface area (Å²) in [6.45, 7) is 6.49. The fourth-order valence-electron chi connectivity index (χ4n) is 3.29. The van der Waals surface area contributed by atoms with E-state index in [4.69, 9.17) is 0 Å². The average molecular weight is 289 g/mol. The summed E-state index contributed by atoms with van der Waals surface area (Å²) in [6.07, 6.45) is 0.777. The largest absolute Gasteiger partial charge is 0.312 e. The second-order valence-electron chi connectivity index (χ2n) is 6.32. The lowest BCUT2D eigenvalue weighted by Gasteiger charge is -2.22. The van der Waals surface area contributed by atoms with Gasteiger partial charge in [-0.05, 0) is 26.4 Å². The SMILES string of the molecule is CC1CN(CCNC2CCS(=O)(=O)C2)CC1N(C)C. The Kier molecular flexibility index (Phi) is 4.87. The molecule has 2 saturated heterocycles. The molecule has 19 heavy (non-hydrogen) atoms. The highest BCUT2D eigenvalue weighted by atomic mass is 32.2. The Labute approximate surface area is 117 Å². The summed E-state index contributed by atoms with van der Waals surface area (Å²) in [4.78, 5) is 4.79. The van der Waals surface area contributed by atoms with Crippen LogP contribution in [0.4, 0.5) is 0 Å². The molecule has 1 N–H and O–H groups in total. The lowest BCUT2D eigenvalue weighted by atomic mass is 10.1. The number of likely N-dealkylation sites (tertiary alicyclic amines) is 1. The summed E-state index contributed by atoms with van der Waals surface area (Å²) in [5.41, 5.74) is 0. The molecular formula is C13H27N3O2S. The predicted molar refractivity (Wildman–Crippen MR) is 78.1 cm³/mol. The minimum absolute atomic E-state index is 0.176. The Bertz CT molecular complexity index is 397. The van der Waals surface area contributed by atoms with Crippen LogP contribution >= 0.6 is 0 Å². The van der Waals surface area contributed by atoms with Crippen molar-refractivity contribution in [2.45, 2.75) is 25.4 Å². The maximum absolute atomic E-state index is 11.4. The lowest BCUT2D eigenvalue weighted by molar-refractivity contribution is 0.251. The highest BCUT2D eigenvalue weighted by molar-refractivity contribution is 7.91. The van der Waals surface area contributed by atoms with Gasteiger partial charge in [-0.2, -0.15) is 0 Å². The van der Waals surface area contributed by atoms with Crippen LogP contribution in [-0.2, 0) is 9.84 Å². The Morgan fingerprint density at radius 1 is 1.32 bits per heavy atom. The molecule has 2 rings (SSSR count). The number of hydrogen-bond acceptors (Lipinski definition) is 5. The summed E-state index contributed by atoms with van der Waals surface area (Å²) in [5, 5.41) is 3.39. The van der Waals surface area contributed by atoms with Crippen LogP contribution in [0.25, 0.3) is 0 Å². The third-order valence-electron chi connectivity index (χ3n) is 4.41. The smallest absolute Gasteiger partial charge is 0.151 e. The summed E-state index contributed by atoms with van der Waals surface area (Å²) in [6, 6.07) is 0.821. The molecule has 2 heterocycles. The first-order valence-electron chi connectivity index (χ1n) is 7.20. The van der Waals surface area contributed by atoms with Gasteiger partial charge < -0.3 is 15.1 Å². The second kappa shape index (κ2) is 6.08. The first-order chi connectivity index (χ1) is 8.87. The lowest BCUT2D eigenvalue weighted by Crippen LogP contribution is -2.38. The van der Waals surface area contributed by atoms with Gasteiger partial charge in [-0.25, -0.2) is 8.42 Å². The number of sulfone groups is 1. The van der Waals surface area contributed by atoms with Gasteiger partial charge in [0.25, 0.3) is 0 Å². The molecule has 2 fully saturated rings. The van der Waals surface area contributed by atoms with Crippen molar-refractivity contribution in [2.24, 2.45) is 5.92 Å². The zero-order chi connectivity index (χ0) is 14.0. The summed E-state index contributed by atoms with van der Waals surface area (Å²) < 4.78 is 22.7. The maximum atomic E-state index is 11.4. The molecule has 0 aromatic carbocycles. The maximum Gasteiger partial charge on any atom is 0.151 e. The molecular weight excluding hydrogens is 262 g/mol. The van der Waals surface area contributed by atoms with E-state index in [1.54, 1.807) is 0 Å². The van der Waals surface area contributed by atoms with Crippen molar-refractivity contribution >= 4 is 9.84 Å². The topological polar surface area (TPSA) is 52.7 Å². The third-order valence-corrected chi connectivity index (χ3v) is 6.17. The van der Waals surface area contributed by atoms with Gasteiger partial charge in [0.2, 0.25) is 0 Å². The van der Waals surface area contributed by atoms with Crippen molar-refractivity contribution in [3.8, 4) is 0 Å². The predicted octanol–water partition coefficient (Wildman–Crippen LogP) is -0.355. The summed E-state index contributed by atoms with van der Waals surface area (Å²) in [7, 11) is 1.53. The molecule has 0 saturated carbocycles. The first kappa shape index (κ1) is 15.2. The zero-order valence-electron chi connectivity index (χ0n) is 12.3. The Morgan fingerprint density at radius 2 is 2.05 bits per heavy atom. The molecule has 0 bridgehead atoms. The molecule has 0 aromatic rings. The minimum Gasteiger partial charge on any atom is -0.312 e. The van der Waals surface area contributed by atoms with Crippen LogP contribution in [0.3, 0.4) is 0 Å². The van der Waals surface area contributed by atoms with Gasteiger partial charge in [-0.15, -0.1) is 0 Å². The van der Waals surface area contributed by atoms with E-state index in [9.17, 15) is 8.42 Å². The molecule has 0 spiro atoms. The van der Waals surface area contributed by atoms with Crippen molar-refractivity contribution in [1.29, 1.82) is 0 Å². The van der Waals surface area contributed by atoms with Crippen LogP contribution in [0.2, 0.25) is 0 Å². The molecule has 5 nitrogen and oxygen atoms in total. The average Bonchev–Trinajstić information content (AvgIpc) is 2.82. The van der Waals surface area contributed by atoms with E-state index in [2.05, 4.69) is 36.1 Å². The van der Waals surface area contributed by atoms with Crippen molar-refractivity contribution in [1.82, 2.24) is 15.1 Å². The number of likely N-dealkylation sites (N-methyl/N-ethyl adjacent to an activating group) is 1. The standard InChI is InChI=1S/C13H27N3O2S/c1-11-8-16(9-13(11)15(2)3)6-5-14-12-4-7-19(17,18)10-12/h11-14H,4-10H2,1-3H3. The normalized spacial score (nSPS) is 35.3. The van der Waals surface area contributed by atoms with Crippen LogP contribution in [0.15, 0.2) is 0 Å². The van der Waals surface area contributed by atoms with E-state index in [-0.39, 0.29) is 6.04 Å². The number of nitrogens with zero attached hydrogens (tertiary/aromatic N) is 2. The molecule has 3 unspecified atom stereocenters. The highest BCUT2D eigenvalue weighted by Crippen LogP contribution is 2.19. The van der Waals surface area contributed by atoms with E-state index in [0.29, 0.717) is 23.5 Å². The van der Waals surface area contributed by atoms with Gasteiger partial charge in [-0.1, -0.05) is 6.92 Å². The van der Waals surface area contributed by atoms with Crippen LogP contribution < -0.4 is 5.32 Å². The molecule has 2 aliphatic rings. The molecule has 6 heteroatoms. The monoisotopic (exact) mass is 289 g/mol. The van der Waals surface area contributed by atoms with Gasteiger partial charge in [0.05, 0.1) is 11.5 Å². The van der Waals surface area contributed by atoms with E-state index in [0.717, 1.165) is 32.6 Å². The second-order valence-corrected chi connectivity index (χ2v) is 8.55. The van der Waals surface area contributed by atoms with Crippen LogP contribution in [-0.4, -0.2) is 82.1 Å². The van der Waals surface area contributed by atoms with Crippen LogP contribution in [0.5, 0.6) is 0 Å². The van der Waals surface area contributed by atoms with Crippen molar-refractivity contribution in [2.75, 3.05) is 51.8 Å². The molecule has 0 amide bonds. The first-order valence-corrected chi connectivity index (χ1v) is 9.02. The molecule has 0 aromatic heterocycles. The number of hydrogen-bond donors (Lipinski definition) is 1.